The molecule has 0 saturated heterocycles. The van der Waals surface area contributed by atoms with Gasteiger partial charge in [-0.3, -0.25) is 4.79 Å². The smallest absolute Gasteiger partial charge is 0.240 e. The molecule has 1 amide bonds. The molecule has 1 rings (SSSR count). The highest BCUT2D eigenvalue weighted by atomic mass is 16.2. The predicted octanol–water partition coefficient (Wildman–Crippen LogP) is 3.79. The van der Waals surface area contributed by atoms with E-state index in [1.807, 2.05) is 13.8 Å². The van der Waals surface area contributed by atoms with Gasteiger partial charge in [-0.25, -0.2) is 0 Å². The van der Waals surface area contributed by atoms with Crippen LogP contribution >= 0.6 is 0 Å². The molecule has 1 aliphatic carbocycles. The van der Waals surface area contributed by atoms with Crippen molar-refractivity contribution in [3.63, 3.8) is 0 Å². The Hall–Kier alpha value is -1.04. The minimum atomic E-state index is -0.799. The van der Waals surface area contributed by atoms with Crippen LogP contribution in [0.3, 0.4) is 0 Å². The Bertz CT molecular complexity index is 318. The lowest BCUT2D eigenvalue weighted by atomic mass is 9.79. The first-order valence-electron chi connectivity index (χ1n) is 7.80. The molecule has 0 unspecified atom stereocenters. The van der Waals surface area contributed by atoms with Gasteiger partial charge in [0.1, 0.15) is 5.41 Å². The van der Waals surface area contributed by atoms with Gasteiger partial charge in [0.2, 0.25) is 5.91 Å². The van der Waals surface area contributed by atoms with Crippen LogP contribution in [0.2, 0.25) is 0 Å². The third-order valence-corrected chi connectivity index (χ3v) is 4.35. The number of carbonyl (C=O) groups excluding carboxylic acids is 1. The van der Waals surface area contributed by atoms with Crippen molar-refractivity contribution < 1.29 is 4.79 Å². The van der Waals surface area contributed by atoms with Crippen LogP contribution in [0.25, 0.3) is 0 Å². The highest BCUT2D eigenvalue weighted by Crippen LogP contribution is 2.31. The van der Waals surface area contributed by atoms with Crippen LogP contribution in [-0.2, 0) is 4.79 Å². The fourth-order valence-electron chi connectivity index (χ4n) is 3.10. The molecule has 0 bridgehead atoms. The van der Waals surface area contributed by atoms with Gasteiger partial charge in [0.15, 0.2) is 0 Å². The van der Waals surface area contributed by atoms with Gasteiger partial charge < -0.3 is 5.32 Å². The molecule has 3 heteroatoms. The second kappa shape index (κ2) is 7.53. The van der Waals surface area contributed by atoms with E-state index in [1.165, 1.54) is 12.8 Å². The fourth-order valence-corrected chi connectivity index (χ4v) is 3.10. The van der Waals surface area contributed by atoms with Crippen molar-refractivity contribution in [2.75, 3.05) is 0 Å². The van der Waals surface area contributed by atoms with E-state index < -0.39 is 5.41 Å². The Morgan fingerprint density at radius 1 is 1.21 bits per heavy atom. The first-order valence-corrected chi connectivity index (χ1v) is 7.80. The molecule has 0 aromatic rings. The summed E-state index contributed by atoms with van der Waals surface area (Å²) in [6.45, 7) is 6.35. The van der Waals surface area contributed by atoms with Crippen LogP contribution in [0.15, 0.2) is 0 Å². The first kappa shape index (κ1) is 16.0. The standard InChI is InChI=1S/C16H28N2O/c1-4-10-16(12-17,11-5-2)15(19)18-14-8-6-13(3)7-9-14/h13-14H,4-11H2,1-3H3,(H,18,19). The van der Waals surface area contributed by atoms with Crippen molar-refractivity contribution >= 4 is 5.91 Å². The predicted molar refractivity (Wildman–Crippen MR) is 77.4 cm³/mol. The summed E-state index contributed by atoms with van der Waals surface area (Å²) in [6.07, 6.45) is 7.60. The van der Waals surface area contributed by atoms with E-state index in [0.717, 1.165) is 31.6 Å². The molecule has 108 valence electrons. The number of hydrogen-bond donors (Lipinski definition) is 1. The lowest BCUT2D eigenvalue weighted by molar-refractivity contribution is -0.130. The number of hydrogen-bond acceptors (Lipinski definition) is 2. The maximum Gasteiger partial charge on any atom is 0.240 e. The Balaban J connectivity index is 2.64. The monoisotopic (exact) mass is 264 g/mol. The molecule has 0 aromatic heterocycles. The van der Waals surface area contributed by atoms with E-state index in [0.29, 0.717) is 12.8 Å². The highest BCUT2D eigenvalue weighted by molar-refractivity contribution is 5.85. The molecular formula is C16H28N2O. The highest BCUT2D eigenvalue weighted by Gasteiger charge is 2.38. The van der Waals surface area contributed by atoms with Crippen LogP contribution < -0.4 is 5.32 Å². The summed E-state index contributed by atoms with van der Waals surface area (Å²) >= 11 is 0. The molecule has 3 nitrogen and oxygen atoms in total. The van der Waals surface area contributed by atoms with Crippen molar-refractivity contribution in [3.8, 4) is 6.07 Å². The zero-order valence-electron chi connectivity index (χ0n) is 12.7. The molecule has 0 atom stereocenters. The number of nitriles is 1. The molecule has 0 radical (unpaired) electrons. The Labute approximate surface area is 117 Å². The SMILES string of the molecule is CCCC(C#N)(CCC)C(=O)NC1CCC(C)CC1. The van der Waals surface area contributed by atoms with Crippen molar-refractivity contribution in [1.29, 1.82) is 5.26 Å². The molecule has 0 heterocycles. The second-order valence-electron chi connectivity index (χ2n) is 6.12. The van der Waals surface area contributed by atoms with Crippen LogP contribution in [0, 0.1) is 22.7 Å². The molecule has 0 aliphatic heterocycles. The lowest BCUT2D eigenvalue weighted by Gasteiger charge is -2.31. The number of nitrogens with zero attached hydrogens (tertiary/aromatic N) is 1. The number of rotatable bonds is 6. The Morgan fingerprint density at radius 3 is 2.16 bits per heavy atom. The molecule has 1 fully saturated rings. The van der Waals surface area contributed by atoms with Gasteiger partial charge in [0.05, 0.1) is 6.07 Å². The number of carbonyl (C=O) groups is 1. The third kappa shape index (κ3) is 4.23. The van der Waals surface area contributed by atoms with Gasteiger partial charge in [-0.1, -0.05) is 33.6 Å². The van der Waals surface area contributed by atoms with Gasteiger partial charge >= 0.3 is 0 Å². The molecular weight excluding hydrogens is 236 g/mol. The van der Waals surface area contributed by atoms with Crippen molar-refractivity contribution in [1.82, 2.24) is 5.32 Å². The summed E-state index contributed by atoms with van der Waals surface area (Å²) in [6, 6.07) is 2.59. The molecule has 1 aliphatic rings. The normalized spacial score (nSPS) is 23.7. The summed E-state index contributed by atoms with van der Waals surface area (Å²) in [7, 11) is 0. The van der Waals surface area contributed by atoms with Gasteiger partial charge in [0, 0.05) is 6.04 Å². The summed E-state index contributed by atoms with van der Waals surface area (Å²) < 4.78 is 0. The van der Waals surface area contributed by atoms with Crippen LogP contribution in [0.4, 0.5) is 0 Å². The Kier molecular flexibility index (Phi) is 6.34. The molecule has 1 saturated carbocycles. The fraction of sp³-hybridized carbons (Fsp3) is 0.875. The number of nitrogens with one attached hydrogen (secondary N) is 1. The summed E-state index contributed by atoms with van der Waals surface area (Å²) in [5.74, 6) is 0.749. The third-order valence-electron chi connectivity index (χ3n) is 4.35. The molecule has 19 heavy (non-hydrogen) atoms. The summed E-state index contributed by atoms with van der Waals surface area (Å²) in [5, 5.41) is 12.6. The van der Waals surface area contributed by atoms with E-state index in [-0.39, 0.29) is 11.9 Å². The van der Waals surface area contributed by atoms with Crippen LogP contribution in [0.1, 0.15) is 72.1 Å². The van der Waals surface area contributed by atoms with Crippen LogP contribution in [-0.4, -0.2) is 11.9 Å². The van der Waals surface area contributed by atoms with Crippen LogP contribution in [0.5, 0.6) is 0 Å². The quantitative estimate of drug-likeness (QED) is 0.793. The maximum absolute atomic E-state index is 12.5. The van der Waals surface area contributed by atoms with E-state index in [9.17, 15) is 10.1 Å². The van der Waals surface area contributed by atoms with Gasteiger partial charge in [-0.2, -0.15) is 5.26 Å². The average molecular weight is 264 g/mol. The molecule has 0 spiro atoms. The topological polar surface area (TPSA) is 52.9 Å². The summed E-state index contributed by atoms with van der Waals surface area (Å²) in [5.41, 5.74) is -0.799. The second-order valence-corrected chi connectivity index (χ2v) is 6.12. The largest absolute Gasteiger partial charge is 0.352 e. The molecule has 0 aromatic carbocycles. The minimum absolute atomic E-state index is 0.0294. The van der Waals surface area contributed by atoms with E-state index in [1.54, 1.807) is 0 Å². The van der Waals surface area contributed by atoms with Gasteiger partial charge in [0.25, 0.3) is 0 Å². The minimum Gasteiger partial charge on any atom is -0.352 e. The molecule has 1 N–H and O–H groups in total. The maximum atomic E-state index is 12.5. The average Bonchev–Trinajstić information content (AvgIpc) is 2.41. The van der Waals surface area contributed by atoms with E-state index in [4.69, 9.17) is 0 Å². The van der Waals surface area contributed by atoms with Crippen molar-refractivity contribution in [3.05, 3.63) is 0 Å². The number of amides is 1. The Morgan fingerprint density at radius 2 is 1.74 bits per heavy atom. The van der Waals surface area contributed by atoms with E-state index >= 15 is 0 Å². The zero-order chi connectivity index (χ0) is 14.3. The lowest BCUT2D eigenvalue weighted by Crippen LogP contribution is -2.46. The zero-order valence-corrected chi connectivity index (χ0v) is 12.7. The first-order chi connectivity index (χ1) is 9.07. The summed E-state index contributed by atoms with van der Waals surface area (Å²) in [4.78, 5) is 12.5. The van der Waals surface area contributed by atoms with Gasteiger partial charge in [-0.05, 0) is 44.4 Å². The van der Waals surface area contributed by atoms with E-state index in [2.05, 4.69) is 18.3 Å². The van der Waals surface area contributed by atoms with Gasteiger partial charge in [-0.15, -0.1) is 0 Å². The van der Waals surface area contributed by atoms with Crippen molar-refractivity contribution in [2.24, 2.45) is 11.3 Å². The van der Waals surface area contributed by atoms with Crippen molar-refractivity contribution in [2.45, 2.75) is 78.2 Å².